The molecule has 0 unspecified atom stereocenters. The molecule has 0 heterocycles. The van der Waals surface area contributed by atoms with Gasteiger partial charge in [-0.15, -0.1) is 0 Å². The third kappa shape index (κ3) is 4.47. The van der Waals surface area contributed by atoms with Gasteiger partial charge in [0.1, 0.15) is 12.4 Å². The first-order valence-electron chi connectivity index (χ1n) is 7.29. The van der Waals surface area contributed by atoms with Crippen LogP contribution in [0.5, 0.6) is 5.75 Å². The largest absolute Gasteiger partial charge is 0.491 e. The third-order valence-corrected chi connectivity index (χ3v) is 3.93. The lowest BCUT2D eigenvalue weighted by Gasteiger charge is -2.25. The van der Waals surface area contributed by atoms with Gasteiger partial charge in [0, 0.05) is 0 Å². The van der Waals surface area contributed by atoms with E-state index in [1.54, 1.807) is 0 Å². The minimum absolute atomic E-state index is 0.00605. The fraction of sp³-hybridized carbons (Fsp3) is 0.625. The van der Waals surface area contributed by atoms with E-state index >= 15 is 0 Å². The second-order valence-electron chi connectivity index (χ2n) is 5.45. The number of hydrogen-bond donors (Lipinski definition) is 3. The van der Waals surface area contributed by atoms with Crippen LogP contribution in [0.1, 0.15) is 45.3 Å². The maximum atomic E-state index is 10.2. The predicted molar refractivity (Wildman–Crippen MR) is 80.6 cm³/mol. The van der Waals surface area contributed by atoms with Gasteiger partial charge < -0.3 is 20.7 Å². The predicted octanol–water partition coefficient (Wildman–Crippen LogP) is 2.24. The van der Waals surface area contributed by atoms with Crippen LogP contribution in [0.2, 0.25) is 0 Å². The summed E-state index contributed by atoms with van der Waals surface area (Å²) in [5.74, 6) is 0.652. The van der Waals surface area contributed by atoms with Crippen molar-refractivity contribution in [2.45, 2.75) is 45.3 Å². The van der Waals surface area contributed by atoms with Crippen LogP contribution in [0, 0.1) is 5.92 Å². The van der Waals surface area contributed by atoms with Gasteiger partial charge in [0.25, 0.3) is 0 Å². The zero-order chi connectivity index (χ0) is 15.2. The number of aliphatic hydroxyl groups excluding tert-OH is 1. The first kappa shape index (κ1) is 17.0. The van der Waals surface area contributed by atoms with Crippen molar-refractivity contribution in [3.63, 3.8) is 0 Å². The van der Waals surface area contributed by atoms with Gasteiger partial charge in [-0.1, -0.05) is 32.9 Å². The summed E-state index contributed by atoms with van der Waals surface area (Å²) in [4.78, 5) is 0. The van der Waals surface area contributed by atoms with Crippen LogP contribution >= 0.6 is 0 Å². The lowest BCUT2D eigenvalue weighted by atomic mass is 9.97. The highest BCUT2D eigenvalue weighted by atomic mass is 16.5. The summed E-state index contributed by atoms with van der Waals surface area (Å²) in [6.07, 6.45) is 0.700. The topological polar surface area (TPSA) is 75.7 Å². The maximum absolute atomic E-state index is 10.2. The van der Waals surface area contributed by atoms with Crippen LogP contribution in [0.25, 0.3) is 0 Å². The van der Waals surface area contributed by atoms with Crippen molar-refractivity contribution < 1.29 is 14.9 Å². The molecule has 0 aliphatic carbocycles. The molecule has 0 radical (unpaired) electrons. The Balaban J connectivity index is 2.74. The van der Waals surface area contributed by atoms with Crippen molar-refractivity contribution in [1.82, 2.24) is 0 Å². The monoisotopic (exact) mass is 281 g/mol. The summed E-state index contributed by atoms with van der Waals surface area (Å²) in [7, 11) is 0. The van der Waals surface area contributed by atoms with E-state index in [2.05, 4.69) is 0 Å². The number of aliphatic hydroxyl groups is 2. The number of nitrogens with two attached hydrogens (primary N) is 1. The van der Waals surface area contributed by atoms with E-state index in [-0.39, 0.29) is 12.5 Å². The fourth-order valence-corrected chi connectivity index (χ4v) is 1.92. The molecule has 0 aliphatic rings. The molecule has 0 saturated heterocycles. The molecule has 1 aromatic rings. The molecule has 1 rings (SSSR count). The molecule has 0 aliphatic heterocycles. The van der Waals surface area contributed by atoms with Crippen LogP contribution in [0.3, 0.4) is 0 Å². The lowest BCUT2D eigenvalue weighted by molar-refractivity contribution is -0.0114. The second-order valence-corrected chi connectivity index (χ2v) is 5.45. The normalized spacial score (nSPS) is 14.9. The van der Waals surface area contributed by atoms with E-state index in [0.717, 1.165) is 5.56 Å². The van der Waals surface area contributed by atoms with Gasteiger partial charge in [-0.05, 0) is 43.0 Å². The first-order valence-corrected chi connectivity index (χ1v) is 7.29. The lowest BCUT2D eigenvalue weighted by Crippen LogP contribution is -2.34. The molecule has 0 amide bonds. The number of hydrogen-bond acceptors (Lipinski definition) is 4. The molecule has 2 atom stereocenters. The molecule has 0 fully saturated rings. The number of rotatable bonds is 8. The number of benzene rings is 1. The molecule has 0 spiro atoms. The molecule has 4 heteroatoms. The average Bonchev–Trinajstić information content (AvgIpc) is 2.51. The second kappa shape index (κ2) is 7.62. The molecular formula is C16H27NO3. The van der Waals surface area contributed by atoms with E-state index in [4.69, 9.17) is 10.5 Å². The Bertz CT molecular complexity index is 404. The summed E-state index contributed by atoms with van der Waals surface area (Å²) in [6, 6.07) is 7.33. The van der Waals surface area contributed by atoms with Crippen molar-refractivity contribution >= 4 is 0 Å². The van der Waals surface area contributed by atoms with Crippen molar-refractivity contribution in [3.05, 3.63) is 29.8 Å². The van der Waals surface area contributed by atoms with Crippen molar-refractivity contribution in [2.24, 2.45) is 11.7 Å². The molecule has 0 saturated carbocycles. The summed E-state index contributed by atoms with van der Waals surface area (Å²) < 4.78 is 5.66. The third-order valence-electron chi connectivity index (χ3n) is 3.93. The van der Waals surface area contributed by atoms with E-state index in [1.807, 2.05) is 45.0 Å². The van der Waals surface area contributed by atoms with Crippen LogP contribution in [-0.4, -0.2) is 29.0 Å². The van der Waals surface area contributed by atoms with Crippen LogP contribution < -0.4 is 10.5 Å². The summed E-state index contributed by atoms with van der Waals surface area (Å²) in [5, 5.41) is 20.4. The molecule has 4 nitrogen and oxygen atoms in total. The van der Waals surface area contributed by atoms with Gasteiger partial charge in [0.05, 0.1) is 11.7 Å². The minimum Gasteiger partial charge on any atom is -0.491 e. The Kier molecular flexibility index (Phi) is 6.46. The summed E-state index contributed by atoms with van der Waals surface area (Å²) in [5.41, 5.74) is 5.57. The zero-order valence-electron chi connectivity index (χ0n) is 12.7. The SMILES string of the molecule is CCC(O)(CC)COc1cccc([C@H](O)[C@H](C)CN)c1. The van der Waals surface area contributed by atoms with Crippen LogP contribution in [0.4, 0.5) is 0 Å². The Morgan fingerprint density at radius 1 is 1.30 bits per heavy atom. The average molecular weight is 281 g/mol. The Labute approximate surface area is 121 Å². The molecule has 0 bridgehead atoms. The highest BCUT2D eigenvalue weighted by Gasteiger charge is 2.23. The zero-order valence-corrected chi connectivity index (χ0v) is 12.7. The van der Waals surface area contributed by atoms with Gasteiger partial charge in [-0.25, -0.2) is 0 Å². The Morgan fingerprint density at radius 3 is 2.50 bits per heavy atom. The van der Waals surface area contributed by atoms with Crippen molar-refractivity contribution in [1.29, 1.82) is 0 Å². The standard InChI is InChI=1S/C16H27NO3/c1-4-16(19,5-2)11-20-14-8-6-7-13(9-14)15(18)12(3)10-17/h6-9,12,15,18-19H,4-5,10-11,17H2,1-3H3/t12-,15-/m1/s1. The fourth-order valence-electron chi connectivity index (χ4n) is 1.92. The highest BCUT2D eigenvalue weighted by Crippen LogP contribution is 2.25. The molecular weight excluding hydrogens is 254 g/mol. The molecule has 4 N–H and O–H groups in total. The van der Waals surface area contributed by atoms with Gasteiger partial charge in [0.2, 0.25) is 0 Å². The maximum Gasteiger partial charge on any atom is 0.119 e. The number of ether oxygens (including phenoxy) is 1. The minimum atomic E-state index is -0.792. The molecule has 114 valence electrons. The quantitative estimate of drug-likeness (QED) is 0.683. The van der Waals surface area contributed by atoms with Crippen molar-refractivity contribution in [2.75, 3.05) is 13.2 Å². The Morgan fingerprint density at radius 2 is 1.95 bits per heavy atom. The van der Waals surface area contributed by atoms with Gasteiger partial charge in [-0.3, -0.25) is 0 Å². The molecule has 20 heavy (non-hydrogen) atoms. The first-order chi connectivity index (χ1) is 9.45. The van der Waals surface area contributed by atoms with E-state index in [1.165, 1.54) is 0 Å². The smallest absolute Gasteiger partial charge is 0.119 e. The Hall–Kier alpha value is -1.10. The summed E-state index contributed by atoms with van der Waals surface area (Å²) in [6.45, 7) is 6.47. The van der Waals surface area contributed by atoms with E-state index in [9.17, 15) is 10.2 Å². The molecule has 1 aromatic carbocycles. The summed E-state index contributed by atoms with van der Waals surface area (Å²) >= 11 is 0. The van der Waals surface area contributed by atoms with E-state index < -0.39 is 11.7 Å². The van der Waals surface area contributed by atoms with Crippen molar-refractivity contribution in [3.8, 4) is 5.75 Å². The highest BCUT2D eigenvalue weighted by molar-refractivity contribution is 5.30. The van der Waals surface area contributed by atoms with Gasteiger partial charge >= 0.3 is 0 Å². The van der Waals surface area contributed by atoms with Gasteiger partial charge in [0.15, 0.2) is 0 Å². The van der Waals surface area contributed by atoms with E-state index in [0.29, 0.717) is 25.1 Å². The van der Waals surface area contributed by atoms with Crippen LogP contribution in [-0.2, 0) is 0 Å². The molecule has 0 aromatic heterocycles. The van der Waals surface area contributed by atoms with Crippen LogP contribution in [0.15, 0.2) is 24.3 Å². The van der Waals surface area contributed by atoms with Gasteiger partial charge in [-0.2, -0.15) is 0 Å².